The van der Waals surface area contributed by atoms with Gasteiger partial charge < -0.3 is 19.2 Å². The van der Waals surface area contributed by atoms with E-state index in [9.17, 15) is 13.2 Å². The summed E-state index contributed by atoms with van der Waals surface area (Å²) in [6.07, 6.45) is 1.09. The molecule has 0 spiro atoms. The predicted octanol–water partition coefficient (Wildman–Crippen LogP) is 1.09. The number of aromatic nitrogens is 1. The Bertz CT molecular complexity index is 972. The van der Waals surface area contributed by atoms with Crippen molar-refractivity contribution in [3.8, 4) is 0 Å². The summed E-state index contributed by atoms with van der Waals surface area (Å²) in [7, 11) is -3.66. The fourth-order valence-electron chi connectivity index (χ4n) is 3.69. The minimum atomic E-state index is -3.66. The van der Waals surface area contributed by atoms with E-state index in [4.69, 9.17) is 14.2 Å². The van der Waals surface area contributed by atoms with Crippen LogP contribution in [0.25, 0.3) is 0 Å². The number of hydrogen-bond acceptors (Lipinski definition) is 7. The quantitative estimate of drug-likeness (QED) is 0.632. The molecule has 0 saturated carbocycles. The van der Waals surface area contributed by atoms with Crippen LogP contribution in [-0.4, -0.2) is 87.3 Å². The molecule has 168 valence electrons. The normalized spacial score (nSPS) is 21.1. The van der Waals surface area contributed by atoms with Crippen molar-refractivity contribution < 1.29 is 27.4 Å². The molecule has 2 fully saturated rings. The Kier molecular flexibility index (Phi) is 7.03. The van der Waals surface area contributed by atoms with Crippen LogP contribution in [0.15, 0.2) is 47.5 Å². The number of ether oxygens (including phenoxy) is 3. The van der Waals surface area contributed by atoms with E-state index in [2.05, 4.69) is 22.0 Å². The first-order valence-corrected chi connectivity index (χ1v) is 11.8. The number of esters is 1. The Morgan fingerprint density at radius 3 is 2.68 bits per heavy atom. The molecule has 4 rings (SSSR count). The molecule has 1 aromatic heterocycles. The molecular formula is C21H27N3O6S. The van der Waals surface area contributed by atoms with E-state index < -0.39 is 16.0 Å². The van der Waals surface area contributed by atoms with Gasteiger partial charge in [0.1, 0.15) is 23.3 Å². The molecule has 2 saturated heterocycles. The highest BCUT2D eigenvalue weighted by Crippen LogP contribution is 2.19. The van der Waals surface area contributed by atoms with Gasteiger partial charge in [0.15, 0.2) is 0 Å². The largest absolute Gasteiger partial charge is 0.458 e. The summed E-state index contributed by atoms with van der Waals surface area (Å²) in [6.45, 7) is 4.28. The van der Waals surface area contributed by atoms with Crippen LogP contribution in [0.3, 0.4) is 0 Å². The second kappa shape index (κ2) is 9.92. The lowest BCUT2D eigenvalue weighted by molar-refractivity contribution is -0.0613. The van der Waals surface area contributed by atoms with Gasteiger partial charge in [-0.1, -0.05) is 30.3 Å². The summed E-state index contributed by atoms with van der Waals surface area (Å²) in [4.78, 5) is 17.5. The van der Waals surface area contributed by atoms with Gasteiger partial charge in [0.25, 0.3) is 0 Å². The lowest BCUT2D eigenvalue weighted by Gasteiger charge is -2.32. The number of sulfonamides is 1. The third kappa shape index (κ3) is 5.52. The zero-order valence-corrected chi connectivity index (χ0v) is 18.1. The standard InChI is InChI=1S/C21H27N3O6S/c25-21(20-12-19(13-22-20)31(26,27)24-7-9-28-10-8-24)30-16-18-15-23(6-11-29-18)14-17-4-2-1-3-5-17/h1-5,12-13,18,22H,6-11,14-16H2. The predicted molar refractivity (Wildman–Crippen MR) is 112 cm³/mol. The lowest BCUT2D eigenvalue weighted by Crippen LogP contribution is -2.44. The van der Waals surface area contributed by atoms with Crippen LogP contribution in [0.1, 0.15) is 16.1 Å². The number of benzene rings is 1. The van der Waals surface area contributed by atoms with Gasteiger partial charge in [-0.25, -0.2) is 13.2 Å². The van der Waals surface area contributed by atoms with Gasteiger partial charge in [0, 0.05) is 38.9 Å². The molecule has 1 N–H and O–H groups in total. The molecule has 1 atom stereocenters. The van der Waals surface area contributed by atoms with Crippen LogP contribution in [-0.2, 0) is 30.8 Å². The maximum Gasteiger partial charge on any atom is 0.354 e. The average Bonchev–Trinajstić information content (AvgIpc) is 3.30. The van der Waals surface area contributed by atoms with Crippen LogP contribution in [0.5, 0.6) is 0 Å². The van der Waals surface area contributed by atoms with Crippen molar-refractivity contribution in [3.05, 3.63) is 53.9 Å². The van der Waals surface area contributed by atoms with E-state index in [0.717, 1.165) is 13.1 Å². The van der Waals surface area contributed by atoms with Gasteiger partial charge in [-0.05, 0) is 11.6 Å². The second-order valence-corrected chi connectivity index (χ2v) is 9.52. The van der Waals surface area contributed by atoms with Gasteiger partial charge in [0.05, 0.1) is 19.8 Å². The first-order chi connectivity index (χ1) is 15.0. The molecule has 2 aliphatic heterocycles. The summed E-state index contributed by atoms with van der Waals surface area (Å²) in [5.41, 5.74) is 1.32. The molecule has 0 amide bonds. The maximum atomic E-state index is 12.7. The number of carbonyl (C=O) groups is 1. The Morgan fingerprint density at radius 2 is 1.90 bits per heavy atom. The zero-order chi connectivity index (χ0) is 21.7. The summed E-state index contributed by atoms with van der Waals surface area (Å²) in [5, 5.41) is 0. The average molecular weight is 450 g/mol. The topological polar surface area (TPSA) is 101 Å². The highest BCUT2D eigenvalue weighted by atomic mass is 32.2. The monoisotopic (exact) mass is 449 g/mol. The van der Waals surface area contributed by atoms with Gasteiger partial charge in [-0.3, -0.25) is 4.90 Å². The van der Waals surface area contributed by atoms with Gasteiger partial charge in [-0.15, -0.1) is 0 Å². The molecule has 0 radical (unpaired) electrons. The summed E-state index contributed by atoms with van der Waals surface area (Å²) >= 11 is 0. The second-order valence-electron chi connectivity index (χ2n) is 7.58. The third-order valence-corrected chi connectivity index (χ3v) is 7.23. The number of nitrogens with one attached hydrogen (secondary N) is 1. The number of hydrogen-bond donors (Lipinski definition) is 1. The van der Waals surface area contributed by atoms with Crippen molar-refractivity contribution >= 4 is 16.0 Å². The Morgan fingerprint density at radius 1 is 1.13 bits per heavy atom. The SMILES string of the molecule is O=C(OCC1CN(Cc2ccccc2)CCO1)c1cc(S(=O)(=O)N2CCOCC2)c[nH]1. The molecule has 10 heteroatoms. The fraction of sp³-hybridized carbons (Fsp3) is 0.476. The van der Waals surface area contributed by atoms with Crippen LogP contribution in [0, 0.1) is 0 Å². The highest BCUT2D eigenvalue weighted by molar-refractivity contribution is 7.89. The number of rotatable bonds is 7. The van der Waals surface area contributed by atoms with Crippen LogP contribution < -0.4 is 0 Å². The van der Waals surface area contributed by atoms with Crippen molar-refractivity contribution in [3.63, 3.8) is 0 Å². The van der Waals surface area contributed by atoms with E-state index in [1.54, 1.807) is 0 Å². The van der Waals surface area contributed by atoms with Gasteiger partial charge >= 0.3 is 5.97 Å². The Labute approximate surface area is 181 Å². The molecule has 3 heterocycles. The summed E-state index contributed by atoms with van der Waals surface area (Å²) < 4.78 is 43.0. The number of carbonyl (C=O) groups excluding carboxylic acids is 1. The minimum Gasteiger partial charge on any atom is -0.458 e. The van der Waals surface area contributed by atoms with E-state index in [1.165, 1.54) is 22.1 Å². The van der Waals surface area contributed by atoms with Crippen molar-refractivity contribution in [1.82, 2.24) is 14.2 Å². The summed E-state index contributed by atoms with van der Waals surface area (Å²) in [6, 6.07) is 11.5. The first-order valence-electron chi connectivity index (χ1n) is 10.3. The zero-order valence-electron chi connectivity index (χ0n) is 17.2. The van der Waals surface area contributed by atoms with E-state index >= 15 is 0 Å². The molecule has 31 heavy (non-hydrogen) atoms. The first kappa shape index (κ1) is 22.0. The smallest absolute Gasteiger partial charge is 0.354 e. The van der Waals surface area contributed by atoms with Gasteiger partial charge in [-0.2, -0.15) is 4.31 Å². The molecule has 0 bridgehead atoms. The molecular weight excluding hydrogens is 422 g/mol. The molecule has 9 nitrogen and oxygen atoms in total. The third-order valence-electron chi connectivity index (χ3n) is 5.36. The number of nitrogens with zero attached hydrogens (tertiary/aromatic N) is 2. The molecule has 1 unspecified atom stereocenters. The van der Waals surface area contributed by atoms with Crippen molar-refractivity contribution in [1.29, 1.82) is 0 Å². The van der Waals surface area contributed by atoms with Crippen LogP contribution in [0.4, 0.5) is 0 Å². The molecule has 2 aliphatic rings. The molecule has 1 aromatic carbocycles. The van der Waals surface area contributed by atoms with Crippen molar-refractivity contribution in [2.75, 3.05) is 52.6 Å². The lowest BCUT2D eigenvalue weighted by atomic mass is 10.2. The maximum absolute atomic E-state index is 12.7. The molecule has 2 aromatic rings. The van der Waals surface area contributed by atoms with Gasteiger partial charge in [0.2, 0.25) is 10.0 Å². The van der Waals surface area contributed by atoms with Crippen LogP contribution in [0.2, 0.25) is 0 Å². The van der Waals surface area contributed by atoms with E-state index in [1.807, 2.05) is 18.2 Å². The highest BCUT2D eigenvalue weighted by Gasteiger charge is 2.28. The van der Waals surface area contributed by atoms with Crippen molar-refractivity contribution in [2.45, 2.75) is 17.5 Å². The Balaban J connectivity index is 1.30. The van der Waals surface area contributed by atoms with E-state index in [0.29, 0.717) is 39.5 Å². The number of aromatic amines is 1. The summed E-state index contributed by atoms with van der Waals surface area (Å²) in [5.74, 6) is -0.604. The van der Waals surface area contributed by atoms with E-state index in [-0.39, 0.29) is 23.3 Å². The number of morpholine rings is 2. The van der Waals surface area contributed by atoms with Crippen molar-refractivity contribution in [2.24, 2.45) is 0 Å². The Hall–Kier alpha value is -2.24. The van der Waals surface area contributed by atoms with Crippen LogP contribution >= 0.6 is 0 Å². The number of H-pyrrole nitrogens is 1. The molecule has 0 aliphatic carbocycles. The fourth-order valence-corrected chi connectivity index (χ4v) is 5.09. The minimum absolute atomic E-state index is 0.0457.